The van der Waals surface area contributed by atoms with E-state index in [4.69, 9.17) is 4.98 Å². The van der Waals surface area contributed by atoms with Gasteiger partial charge in [0, 0.05) is 38.8 Å². The number of hydrogen-bond donors (Lipinski definition) is 1. The van der Waals surface area contributed by atoms with Gasteiger partial charge in [-0.15, -0.1) is 0 Å². The van der Waals surface area contributed by atoms with E-state index in [1.807, 2.05) is 0 Å². The summed E-state index contributed by atoms with van der Waals surface area (Å²) in [4.78, 5) is 5.33. The summed E-state index contributed by atoms with van der Waals surface area (Å²) in [6.07, 6.45) is 2.39. The number of hydrogen-bond acceptors (Lipinski definition) is 2. The first-order chi connectivity index (χ1) is 31.2. The van der Waals surface area contributed by atoms with E-state index in [1.54, 1.807) is 0 Å². The largest absolute Gasteiger partial charge is 0.374 e. The molecule has 0 aliphatic carbocycles. The number of aromatic nitrogens is 2. The van der Waals surface area contributed by atoms with Crippen molar-refractivity contribution >= 4 is 43.8 Å². The van der Waals surface area contributed by atoms with E-state index in [2.05, 4.69) is 246 Å². The molecule has 3 heterocycles. The minimum absolute atomic E-state index is 0.0773. The van der Waals surface area contributed by atoms with Gasteiger partial charge in [0.2, 0.25) is 0 Å². The standard InChI is InChI=1S/C60H41N3/c1-4-16-40(17-5-1)53-39-57(42-20-8-3-9-21-42)61-54-33-31-46-35-45(30-32-50(46)60(53)54)43-22-14-23-44(34-43)48-37-55(41-18-6-2-7-19-41)62-56(38-48)47-24-15-25-49(36-47)63-58-28-12-10-26-51(58)52-27-11-13-29-59(52)63/h1-39,57,61H. The summed E-state index contributed by atoms with van der Waals surface area (Å²) in [5, 5.41) is 8.79. The molecule has 3 heteroatoms. The quantitative estimate of drug-likeness (QED) is 0.174. The van der Waals surface area contributed by atoms with Crippen LogP contribution in [0.2, 0.25) is 0 Å². The highest BCUT2D eigenvalue weighted by molar-refractivity contribution is 6.09. The molecule has 3 nitrogen and oxygen atoms in total. The van der Waals surface area contributed by atoms with Crippen molar-refractivity contribution in [3.05, 3.63) is 253 Å². The Morgan fingerprint density at radius 2 is 0.952 bits per heavy atom. The Balaban J connectivity index is 0.947. The molecule has 63 heavy (non-hydrogen) atoms. The molecule has 1 atom stereocenters. The SMILES string of the molecule is C1=C(c2ccccc2)c2c(ccc3cc(-c4cccc(-c5cc(-c6ccccc6)nc(-c6cccc(-n7c8ccccc8c8ccccc87)c6)c5)c4)ccc23)NC1c1ccccc1. The van der Waals surface area contributed by atoms with E-state index in [-0.39, 0.29) is 6.04 Å². The maximum absolute atomic E-state index is 5.33. The Labute approximate surface area is 366 Å². The lowest BCUT2D eigenvalue weighted by Gasteiger charge is -2.28. The number of anilines is 1. The van der Waals surface area contributed by atoms with Crippen molar-refractivity contribution in [2.45, 2.75) is 6.04 Å². The lowest BCUT2D eigenvalue weighted by molar-refractivity contribution is 0.974. The third kappa shape index (κ3) is 6.59. The fourth-order valence-corrected chi connectivity index (χ4v) is 9.56. The Kier molecular flexibility index (Phi) is 8.90. The molecule has 1 unspecified atom stereocenters. The third-order valence-electron chi connectivity index (χ3n) is 12.6. The predicted octanol–water partition coefficient (Wildman–Crippen LogP) is 15.6. The lowest BCUT2D eigenvalue weighted by atomic mass is 9.85. The van der Waals surface area contributed by atoms with Gasteiger partial charge in [0.15, 0.2) is 0 Å². The highest BCUT2D eigenvalue weighted by Gasteiger charge is 2.23. The van der Waals surface area contributed by atoms with Crippen molar-refractivity contribution in [2.75, 3.05) is 5.32 Å². The van der Waals surface area contributed by atoms with Gasteiger partial charge in [-0.1, -0.05) is 176 Å². The Bertz CT molecular complexity index is 3480. The topological polar surface area (TPSA) is 29.9 Å². The van der Waals surface area contributed by atoms with Crippen LogP contribution in [0.5, 0.6) is 0 Å². The molecule has 0 saturated heterocycles. The summed E-state index contributed by atoms with van der Waals surface area (Å²) in [6.45, 7) is 0. The second kappa shape index (κ2) is 15.3. The van der Waals surface area contributed by atoms with Crippen LogP contribution in [0.25, 0.3) is 88.6 Å². The van der Waals surface area contributed by atoms with Crippen LogP contribution >= 0.6 is 0 Å². The summed E-state index contributed by atoms with van der Waals surface area (Å²) in [5.74, 6) is 0. The zero-order valence-electron chi connectivity index (χ0n) is 34.5. The molecule has 2 aromatic heterocycles. The van der Waals surface area contributed by atoms with Crippen LogP contribution < -0.4 is 5.32 Å². The van der Waals surface area contributed by atoms with Gasteiger partial charge in [0.05, 0.1) is 28.5 Å². The Hall–Kier alpha value is -8.27. The van der Waals surface area contributed by atoms with Crippen molar-refractivity contribution in [1.82, 2.24) is 9.55 Å². The highest BCUT2D eigenvalue weighted by Crippen LogP contribution is 2.44. The minimum atomic E-state index is 0.0773. The number of nitrogens with zero attached hydrogens (tertiary/aromatic N) is 2. The van der Waals surface area contributed by atoms with Crippen molar-refractivity contribution in [3.8, 4) is 50.5 Å². The van der Waals surface area contributed by atoms with E-state index in [1.165, 1.54) is 66.0 Å². The zero-order chi connectivity index (χ0) is 41.7. The molecule has 296 valence electrons. The van der Waals surface area contributed by atoms with Gasteiger partial charge in [-0.05, 0) is 110 Å². The van der Waals surface area contributed by atoms with E-state index in [0.717, 1.165) is 45.0 Å². The normalized spacial score (nSPS) is 13.5. The fourth-order valence-electron chi connectivity index (χ4n) is 9.56. The van der Waals surface area contributed by atoms with Crippen molar-refractivity contribution in [2.24, 2.45) is 0 Å². The number of benzene rings is 9. The molecule has 0 amide bonds. The smallest absolute Gasteiger partial charge is 0.0716 e. The van der Waals surface area contributed by atoms with Crippen molar-refractivity contribution in [1.29, 1.82) is 0 Å². The first-order valence-electron chi connectivity index (χ1n) is 21.7. The van der Waals surface area contributed by atoms with Gasteiger partial charge in [-0.25, -0.2) is 4.98 Å². The van der Waals surface area contributed by atoms with E-state index >= 15 is 0 Å². The van der Waals surface area contributed by atoms with Crippen molar-refractivity contribution in [3.63, 3.8) is 0 Å². The van der Waals surface area contributed by atoms with Crippen LogP contribution in [0, 0.1) is 0 Å². The second-order valence-corrected chi connectivity index (χ2v) is 16.4. The molecular formula is C60H41N3. The van der Waals surface area contributed by atoms with Crippen LogP contribution in [0.4, 0.5) is 5.69 Å². The molecule has 0 spiro atoms. The van der Waals surface area contributed by atoms with E-state index in [9.17, 15) is 0 Å². The molecule has 0 bridgehead atoms. The summed E-state index contributed by atoms with van der Waals surface area (Å²) in [7, 11) is 0. The molecule has 12 rings (SSSR count). The average Bonchev–Trinajstić information content (AvgIpc) is 3.71. The number of para-hydroxylation sites is 2. The molecule has 0 fully saturated rings. The summed E-state index contributed by atoms with van der Waals surface area (Å²) >= 11 is 0. The number of nitrogens with one attached hydrogen (secondary N) is 1. The first-order valence-corrected chi connectivity index (χ1v) is 21.7. The van der Waals surface area contributed by atoms with Gasteiger partial charge in [-0.3, -0.25) is 0 Å². The van der Waals surface area contributed by atoms with Gasteiger partial charge >= 0.3 is 0 Å². The monoisotopic (exact) mass is 803 g/mol. The fraction of sp³-hybridized carbons (Fsp3) is 0.0167. The molecule has 11 aromatic rings. The van der Waals surface area contributed by atoms with Crippen LogP contribution in [0.3, 0.4) is 0 Å². The van der Waals surface area contributed by atoms with E-state index < -0.39 is 0 Å². The van der Waals surface area contributed by atoms with Gasteiger partial charge < -0.3 is 9.88 Å². The van der Waals surface area contributed by atoms with Gasteiger partial charge in [0.1, 0.15) is 0 Å². The van der Waals surface area contributed by atoms with Crippen LogP contribution in [0.15, 0.2) is 237 Å². The molecule has 1 N–H and O–H groups in total. The average molecular weight is 804 g/mol. The number of pyridine rings is 1. The summed E-state index contributed by atoms with van der Waals surface area (Å²) < 4.78 is 2.37. The second-order valence-electron chi connectivity index (χ2n) is 16.4. The first kappa shape index (κ1) is 36.6. The summed E-state index contributed by atoms with van der Waals surface area (Å²) in [5.41, 5.74) is 18.2. The minimum Gasteiger partial charge on any atom is -0.374 e. The van der Waals surface area contributed by atoms with Gasteiger partial charge in [0.25, 0.3) is 0 Å². The number of fused-ring (bicyclic) bond motifs is 6. The molecule has 1 aliphatic heterocycles. The maximum atomic E-state index is 5.33. The number of rotatable bonds is 7. The van der Waals surface area contributed by atoms with Crippen LogP contribution in [-0.2, 0) is 0 Å². The molecule has 0 saturated carbocycles. The molecule has 9 aromatic carbocycles. The third-order valence-corrected chi connectivity index (χ3v) is 12.6. The van der Waals surface area contributed by atoms with Crippen LogP contribution in [0.1, 0.15) is 22.7 Å². The molecular weight excluding hydrogens is 763 g/mol. The lowest BCUT2D eigenvalue weighted by Crippen LogP contribution is -2.15. The van der Waals surface area contributed by atoms with Crippen LogP contribution in [-0.4, -0.2) is 9.55 Å². The molecule has 1 aliphatic rings. The highest BCUT2D eigenvalue weighted by atomic mass is 15.0. The Morgan fingerprint density at radius 1 is 0.381 bits per heavy atom. The van der Waals surface area contributed by atoms with E-state index in [0.29, 0.717) is 0 Å². The summed E-state index contributed by atoms with van der Waals surface area (Å²) in [6, 6.07) is 83.1. The Morgan fingerprint density at radius 3 is 1.68 bits per heavy atom. The zero-order valence-corrected chi connectivity index (χ0v) is 34.5. The predicted molar refractivity (Wildman–Crippen MR) is 264 cm³/mol. The molecule has 0 radical (unpaired) electrons. The maximum Gasteiger partial charge on any atom is 0.0716 e. The van der Waals surface area contributed by atoms with Gasteiger partial charge in [-0.2, -0.15) is 0 Å². The van der Waals surface area contributed by atoms with Crippen molar-refractivity contribution < 1.29 is 0 Å².